The molecule has 3 rings (SSSR count). The Bertz CT molecular complexity index is 841. The van der Waals surface area contributed by atoms with Gasteiger partial charge in [-0.1, -0.05) is 6.07 Å². The SMILES string of the molecule is Cc1cc(Oc2cc(C(=O)O)ccc2C)n2ncnc2n1. The standard InChI is InChI=1S/C14H12N4O3/c1-8-3-4-10(13(19)20)6-11(8)21-12-5-9(2)17-14-15-7-16-18(12)14/h3-7H,1-2H3,(H,19,20). The van der Waals surface area contributed by atoms with Gasteiger partial charge in [0.2, 0.25) is 5.88 Å². The van der Waals surface area contributed by atoms with Crippen molar-refractivity contribution in [1.29, 1.82) is 0 Å². The fourth-order valence-electron chi connectivity index (χ4n) is 1.93. The van der Waals surface area contributed by atoms with Crippen LogP contribution in [0, 0.1) is 13.8 Å². The van der Waals surface area contributed by atoms with Crippen LogP contribution < -0.4 is 4.74 Å². The van der Waals surface area contributed by atoms with E-state index in [0.29, 0.717) is 17.4 Å². The van der Waals surface area contributed by atoms with Gasteiger partial charge in [-0.3, -0.25) is 0 Å². The summed E-state index contributed by atoms with van der Waals surface area (Å²) in [4.78, 5) is 19.3. The van der Waals surface area contributed by atoms with Crippen molar-refractivity contribution < 1.29 is 14.6 Å². The number of aryl methyl sites for hydroxylation is 2. The van der Waals surface area contributed by atoms with Crippen LogP contribution >= 0.6 is 0 Å². The number of aromatic carboxylic acids is 1. The molecule has 0 unspecified atom stereocenters. The van der Waals surface area contributed by atoms with Gasteiger partial charge in [-0.05, 0) is 31.5 Å². The molecule has 0 atom stereocenters. The molecule has 2 aromatic heterocycles. The summed E-state index contributed by atoms with van der Waals surface area (Å²) < 4.78 is 7.27. The average Bonchev–Trinajstić information content (AvgIpc) is 2.89. The first-order valence-corrected chi connectivity index (χ1v) is 6.24. The summed E-state index contributed by atoms with van der Waals surface area (Å²) in [5.74, 6) is 0.312. The van der Waals surface area contributed by atoms with Crippen molar-refractivity contribution in [3.63, 3.8) is 0 Å². The van der Waals surface area contributed by atoms with Crippen LogP contribution in [-0.4, -0.2) is 30.7 Å². The largest absolute Gasteiger partial charge is 0.478 e. The van der Waals surface area contributed by atoms with E-state index in [-0.39, 0.29) is 5.56 Å². The lowest BCUT2D eigenvalue weighted by atomic mass is 10.1. The van der Waals surface area contributed by atoms with E-state index in [1.807, 2.05) is 13.8 Å². The van der Waals surface area contributed by atoms with Gasteiger partial charge < -0.3 is 9.84 Å². The number of carbonyl (C=O) groups is 1. The van der Waals surface area contributed by atoms with E-state index >= 15 is 0 Å². The molecule has 106 valence electrons. The number of hydrogen-bond acceptors (Lipinski definition) is 5. The molecule has 1 aromatic carbocycles. The molecule has 0 spiro atoms. The van der Waals surface area contributed by atoms with Crippen molar-refractivity contribution >= 4 is 11.7 Å². The lowest BCUT2D eigenvalue weighted by Gasteiger charge is -2.10. The van der Waals surface area contributed by atoms with Crippen molar-refractivity contribution in [2.45, 2.75) is 13.8 Å². The molecule has 7 heteroatoms. The number of aromatic nitrogens is 4. The summed E-state index contributed by atoms with van der Waals surface area (Å²) in [6.07, 6.45) is 1.38. The van der Waals surface area contributed by atoms with Crippen LogP contribution in [0.15, 0.2) is 30.6 Å². The third kappa shape index (κ3) is 2.40. The van der Waals surface area contributed by atoms with E-state index in [1.54, 1.807) is 12.1 Å². The molecule has 0 aliphatic heterocycles. The number of carboxylic acid groups (broad SMARTS) is 1. The van der Waals surface area contributed by atoms with Crippen LogP contribution in [0.2, 0.25) is 0 Å². The summed E-state index contributed by atoms with van der Waals surface area (Å²) in [5, 5.41) is 13.1. The third-order valence-electron chi connectivity index (χ3n) is 3.00. The van der Waals surface area contributed by atoms with Crippen LogP contribution in [0.4, 0.5) is 0 Å². The summed E-state index contributed by atoms with van der Waals surface area (Å²) in [7, 11) is 0. The van der Waals surface area contributed by atoms with E-state index in [2.05, 4.69) is 15.1 Å². The molecular formula is C14H12N4O3. The summed E-state index contributed by atoms with van der Waals surface area (Å²) in [6, 6.07) is 6.43. The van der Waals surface area contributed by atoms with Crippen LogP contribution in [-0.2, 0) is 0 Å². The van der Waals surface area contributed by atoms with E-state index < -0.39 is 5.97 Å². The zero-order chi connectivity index (χ0) is 15.0. The number of carboxylic acids is 1. The average molecular weight is 284 g/mol. The number of ether oxygens (including phenoxy) is 1. The minimum absolute atomic E-state index is 0.163. The van der Waals surface area contributed by atoms with Gasteiger partial charge in [0.25, 0.3) is 5.78 Å². The lowest BCUT2D eigenvalue weighted by molar-refractivity contribution is 0.0696. The molecule has 1 N–H and O–H groups in total. The Morgan fingerprint density at radius 1 is 1.29 bits per heavy atom. The highest BCUT2D eigenvalue weighted by atomic mass is 16.5. The van der Waals surface area contributed by atoms with Crippen molar-refractivity contribution in [3.8, 4) is 11.6 Å². The second-order valence-corrected chi connectivity index (χ2v) is 4.60. The molecule has 0 amide bonds. The highest BCUT2D eigenvalue weighted by molar-refractivity contribution is 5.88. The molecule has 0 saturated heterocycles. The van der Waals surface area contributed by atoms with E-state index in [4.69, 9.17) is 9.84 Å². The zero-order valence-electron chi connectivity index (χ0n) is 11.4. The monoisotopic (exact) mass is 284 g/mol. The van der Waals surface area contributed by atoms with Crippen molar-refractivity contribution in [3.05, 3.63) is 47.4 Å². The second kappa shape index (κ2) is 4.86. The predicted molar refractivity (Wildman–Crippen MR) is 73.7 cm³/mol. The van der Waals surface area contributed by atoms with Crippen molar-refractivity contribution in [2.75, 3.05) is 0 Å². The third-order valence-corrected chi connectivity index (χ3v) is 3.00. The van der Waals surface area contributed by atoms with Gasteiger partial charge in [0.05, 0.1) is 5.56 Å². The van der Waals surface area contributed by atoms with Gasteiger partial charge in [-0.25, -0.2) is 9.78 Å². The Morgan fingerprint density at radius 2 is 2.10 bits per heavy atom. The van der Waals surface area contributed by atoms with Gasteiger partial charge in [0.1, 0.15) is 12.1 Å². The smallest absolute Gasteiger partial charge is 0.335 e. The molecule has 0 saturated carbocycles. The van der Waals surface area contributed by atoms with Gasteiger partial charge in [0, 0.05) is 11.8 Å². The second-order valence-electron chi connectivity index (χ2n) is 4.60. The number of fused-ring (bicyclic) bond motifs is 1. The molecule has 2 heterocycles. The van der Waals surface area contributed by atoms with Gasteiger partial charge in [0.15, 0.2) is 0 Å². The molecular weight excluding hydrogens is 272 g/mol. The van der Waals surface area contributed by atoms with Gasteiger partial charge in [-0.2, -0.15) is 14.6 Å². The number of nitrogens with zero attached hydrogens (tertiary/aromatic N) is 4. The Balaban J connectivity index is 2.08. The number of rotatable bonds is 3. The topological polar surface area (TPSA) is 89.6 Å². The first kappa shape index (κ1) is 13.0. The molecule has 0 fully saturated rings. The van der Waals surface area contributed by atoms with Gasteiger partial charge >= 0.3 is 5.97 Å². The highest BCUT2D eigenvalue weighted by Gasteiger charge is 2.11. The van der Waals surface area contributed by atoms with E-state index in [1.165, 1.54) is 23.0 Å². The van der Waals surface area contributed by atoms with Crippen LogP contribution in [0.1, 0.15) is 21.6 Å². The van der Waals surface area contributed by atoms with Crippen LogP contribution in [0.3, 0.4) is 0 Å². The number of benzene rings is 1. The summed E-state index contributed by atoms with van der Waals surface area (Å²) in [5.41, 5.74) is 1.72. The normalized spacial score (nSPS) is 10.8. The minimum atomic E-state index is -1.00. The van der Waals surface area contributed by atoms with Crippen molar-refractivity contribution in [2.24, 2.45) is 0 Å². The summed E-state index contributed by atoms with van der Waals surface area (Å²) in [6.45, 7) is 3.66. The van der Waals surface area contributed by atoms with Crippen LogP contribution in [0.25, 0.3) is 5.78 Å². The highest BCUT2D eigenvalue weighted by Crippen LogP contribution is 2.26. The Hall–Kier alpha value is -2.96. The van der Waals surface area contributed by atoms with E-state index in [0.717, 1.165) is 11.3 Å². The fourth-order valence-corrected chi connectivity index (χ4v) is 1.93. The summed E-state index contributed by atoms with van der Waals surface area (Å²) >= 11 is 0. The molecule has 0 aliphatic carbocycles. The maximum Gasteiger partial charge on any atom is 0.335 e. The molecule has 0 aliphatic rings. The minimum Gasteiger partial charge on any atom is -0.478 e. The maximum absolute atomic E-state index is 11.0. The molecule has 3 aromatic rings. The molecule has 21 heavy (non-hydrogen) atoms. The molecule has 7 nitrogen and oxygen atoms in total. The fraction of sp³-hybridized carbons (Fsp3) is 0.143. The predicted octanol–water partition coefficient (Wildman–Crippen LogP) is 2.23. The zero-order valence-corrected chi connectivity index (χ0v) is 11.4. The first-order valence-electron chi connectivity index (χ1n) is 6.24. The Kier molecular flexibility index (Phi) is 3.02. The molecule has 0 radical (unpaired) electrons. The first-order chi connectivity index (χ1) is 10.0. The lowest BCUT2D eigenvalue weighted by Crippen LogP contribution is -2.02. The van der Waals surface area contributed by atoms with Crippen LogP contribution in [0.5, 0.6) is 11.6 Å². The number of hydrogen-bond donors (Lipinski definition) is 1. The van der Waals surface area contributed by atoms with E-state index in [9.17, 15) is 4.79 Å². The maximum atomic E-state index is 11.0. The van der Waals surface area contributed by atoms with Gasteiger partial charge in [-0.15, -0.1) is 0 Å². The molecule has 0 bridgehead atoms. The quantitative estimate of drug-likeness (QED) is 0.793. The van der Waals surface area contributed by atoms with Crippen molar-refractivity contribution in [1.82, 2.24) is 19.6 Å². The Morgan fingerprint density at radius 3 is 2.86 bits per heavy atom. The Labute approximate surface area is 119 Å².